The van der Waals surface area contributed by atoms with E-state index in [4.69, 9.17) is 11.6 Å². The van der Waals surface area contributed by atoms with Crippen molar-refractivity contribution in [3.05, 3.63) is 46.2 Å². The SMILES string of the molecule is Cc1ccc(-n2ncc(C(=O)N3CCNC(C)C3)c2C2CC2)cc1Cl.Cl. The van der Waals surface area contributed by atoms with Gasteiger partial charge in [-0.15, -0.1) is 12.4 Å². The molecule has 1 saturated carbocycles. The maximum absolute atomic E-state index is 13.1. The van der Waals surface area contributed by atoms with Crippen molar-refractivity contribution >= 4 is 29.9 Å². The Morgan fingerprint density at radius 1 is 1.35 bits per heavy atom. The van der Waals surface area contributed by atoms with Crippen LogP contribution in [0.5, 0.6) is 0 Å². The number of amides is 1. The van der Waals surface area contributed by atoms with Crippen LogP contribution in [0.3, 0.4) is 0 Å². The summed E-state index contributed by atoms with van der Waals surface area (Å²) in [4.78, 5) is 15.0. The standard InChI is InChI=1S/C19H23ClN4O.ClH/c1-12-3-6-15(9-17(12)20)24-18(14-4-5-14)16(10-22-24)19(25)23-8-7-21-13(2)11-23;/h3,6,9-10,13-14,21H,4-5,7-8,11H2,1-2H3;1H. The summed E-state index contributed by atoms with van der Waals surface area (Å²) in [5.41, 5.74) is 3.74. The zero-order valence-corrected chi connectivity index (χ0v) is 16.6. The molecule has 1 aliphatic carbocycles. The normalized spacial score (nSPS) is 20.0. The summed E-state index contributed by atoms with van der Waals surface area (Å²) in [6, 6.07) is 6.27. The van der Waals surface area contributed by atoms with Crippen molar-refractivity contribution in [2.45, 2.75) is 38.6 Å². The highest BCUT2D eigenvalue weighted by Gasteiger charge is 2.35. The molecule has 2 aromatic rings. The third-order valence-corrected chi connectivity index (χ3v) is 5.46. The fourth-order valence-electron chi connectivity index (χ4n) is 3.48. The molecule has 2 fully saturated rings. The van der Waals surface area contributed by atoms with Crippen LogP contribution in [0.4, 0.5) is 0 Å². The Morgan fingerprint density at radius 2 is 2.12 bits per heavy atom. The largest absolute Gasteiger partial charge is 0.336 e. The maximum Gasteiger partial charge on any atom is 0.257 e. The summed E-state index contributed by atoms with van der Waals surface area (Å²) in [7, 11) is 0. The number of nitrogens with zero attached hydrogens (tertiary/aromatic N) is 3. The Kier molecular flexibility index (Phi) is 5.61. The summed E-state index contributed by atoms with van der Waals surface area (Å²) in [6.45, 7) is 6.42. The number of halogens is 2. The highest BCUT2D eigenvalue weighted by atomic mass is 35.5. The molecule has 1 aliphatic heterocycles. The van der Waals surface area contributed by atoms with E-state index >= 15 is 0 Å². The van der Waals surface area contributed by atoms with Crippen LogP contribution in [-0.4, -0.2) is 46.3 Å². The predicted molar refractivity (Wildman–Crippen MR) is 106 cm³/mol. The molecular formula is C19H24Cl2N4O. The van der Waals surface area contributed by atoms with E-state index in [1.54, 1.807) is 6.20 Å². The molecule has 140 valence electrons. The van der Waals surface area contributed by atoms with Gasteiger partial charge in [-0.3, -0.25) is 4.79 Å². The fraction of sp³-hybridized carbons (Fsp3) is 0.474. The first-order chi connectivity index (χ1) is 12.0. The van der Waals surface area contributed by atoms with E-state index in [9.17, 15) is 4.79 Å². The first-order valence-corrected chi connectivity index (χ1v) is 9.29. The Balaban J connectivity index is 0.00000196. The number of aryl methyl sites for hydroxylation is 1. The summed E-state index contributed by atoms with van der Waals surface area (Å²) in [5.74, 6) is 0.515. The smallest absolute Gasteiger partial charge is 0.257 e. The second kappa shape index (κ2) is 7.59. The second-order valence-electron chi connectivity index (χ2n) is 7.17. The number of nitrogens with one attached hydrogen (secondary N) is 1. The van der Waals surface area contributed by atoms with Gasteiger partial charge in [0.25, 0.3) is 5.91 Å². The maximum atomic E-state index is 13.1. The predicted octanol–water partition coefficient (Wildman–Crippen LogP) is 3.57. The van der Waals surface area contributed by atoms with Gasteiger partial charge in [0.05, 0.1) is 23.1 Å². The lowest BCUT2D eigenvalue weighted by atomic mass is 10.1. The van der Waals surface area contributed by atoms with Crippen molar-refractivity contribution in [1.29, 1.82) is 0 Å². The van der Waals surface area contributed by atoms with Gasteiger partial charge in [0.1, 0.15) is 0 Å². The van der Waals surface area contributed by atoms with Crippen LogP contribution in [-0.2, 0) is 0 Å². The Labute approximate surface area is 165 Å². The quantitative estimate of drug-likeness (QED) is 0.865. The van der Waals surface area contributed by atoms with Gasteiger partial charge in [-0.1, -0.05) is 17.7 Å². The highest BCUT2D eigenvalue weighted by molar-refractivity contribution is 6.31. The van der Waals surface area contributed by atoms with E-state index in [2.05, 4.69) is 17.3 Å². The molecular weight excluding hydrogens is 371 g/mol. The molecule has 26 heavy (non-hydrogen) atoms. The van der Waals surface area contributed by atoms with Gasteiger partial charge < -0.3 is 10.2 Å². The number of piperazine rings is 1. The first kappa shape index (κ1) is 19.2. The van der Waals surface area contributed by atoms with Crippen LogP contribution in [0.2, 0.25) is 5.02 Å². The Hall–Kier alpha value is -1.56. The highest BCUT2D eigenvalue weighted by Crippen LogP contribution is 2.43. The van der Waals surface area contributed by atoms with Gasteiger partial charge in [-0.2, -0.15) is 5.10 Å². The molecule has 7 heteroatoms. The fourth-order valence-corrected chi connectivity index (χ4v) is 3.65. The lowest BCUT2D eigenvalue weighted by Crippen LogP contribution is -2.51. The third-order valence-electron chi connectivity index (χ3n) is 5.06. The average Bonchev–Trinajstić information content (AvgIpc) is 3.35. The molecule has 1 aromatic carbocycles. The topological polar surface area (TPSA) is 50.2 Å². The zero-order valence-electron chi connectivity index (χ0n) is 15.0. The molecule has 1 atom stereocenters. The van der Waals surface area contributed by atoms with Gasteiger partial charge in [0, 0.05) is 36.6 Å². The molecule has 5 nitrogen and oxygen atoms in total. The van der Waals surface area contributed by atoms with Gasteiger partial charge in [0.15, 0.2) is 0 Å². The van der Waals surface area contributed by atoms with Crippen molar-refractivity contribution < 1.29 is 4.79 Å². The van der Waals surface area contributed by atoms with Crippen LogP contribution in [0, 0.1) is 6.92 Å². The van der Waals surface area contributed by atoms with E-state index in [1.165, 1.54) is 0 Å². The molecule has 1 saturated heterocycles. The van der Waals surface area contributed by atoms with E-state index in [-0.39, 0.29) is 18.3 Å². The van der Waals surface area contributed by atoms with E-state index < -0.39 is 0 Å². The van der Waals surface area contributed by atoms with Crippen LogP contribution in [0.15, 0.2) is 24.4 Å². The number of aromatic nitrogens is 2. The molecule has 0 bridgehead atoms. The number of benzene rings is 1. The minimum atomic E-state index is 0. The summed E-state index contributed by atoms with van der Waals surface area (Å²) in [5, 5.41) is 8.65. The Morgan fingerprint density at radius 3 is 2.77 bits per heavy atom. The Bertz CT molecular complexity index is 816. The van der Waals surface area contributed by atoms with E-state index in [0.29, 0.717) is 12.0 Å². The van der Waals surface area contributed by atoms with Crippen LogP contribution in [0.25, 0.3) is 5.69 Å². The molecule has 4 rings (SSSR count). The average molecular weight is 395 g/mol. The third kappa shape index (κ3) is 3.61. The van der Waals surface area contributed by atoms with Crippen molar-refractivity contribution in [1.82, 2.24) is 20.0 Å². The molecule has 2 heterocycles. The summed E-state index contributed by atoms with van der Waals surface area (Å²) in [6.07, 6.45) is 3.96. The van der Waals surface area contributed by atoms with Crippen molar-refractivity contribution in [3.8, 4) is 5.69 Å². The van der Waals surface area contributed by atoms with Crippen molar-refractivity contribution in [3.63, 3.8) is 0 Å². The molecule has 0 radical (unpaired) electrons. The molecule has 0 spiro atoms. The number of carbonyl (C=O) groups excluding carboxylic acids is 1. The molecule has 1 aromatic heterocycles. The van der Waals surface area contributed by atoms with Crippen LogP contribution < -0.4 is 5.32 Å². The number of hydrogen-bond acceptors (Lipinski definition) is 3. The second-order valence-corrected chi connectivity index (χ2v) is 7.58. The van der Waals surface area contributed by atoms with Gasteiger partial charge in [0.2, 0.25) is 0 Å². The van der Waals surface area contributed by atoms with Crippen LogP contribution >= 0.6 is 24.0 Å². The lowest BCUT2D eigenvalue weighted by molar-refractivity contribution is 0.0708. The van der Waals surface area contributed by atoms with Crippen molar-refractivity contribution in [2.75, 3.05) is 19.6 Å². The van der Waals surface area contributed by atoms with Gasteiger partial charge >= 0.3 is 0 Å². The van der Waals surface area contributed by atoms with Gasteiger partial charge in [-0.25, -0.2) is 4.68 Å². The molecule has 2 aliphatic rings. The van der Waals surface area contributed by atoms with E-state index in [0.717, 1.165) is 60.0 Å². The molecule has 1 N–H and O–H groups in total. The van der Waals surface area contributed by atoms with Gasteiger partial charge in [-0.05, 0) is 44.4 Å². The van der Waals surface area contributed by atoms with Crippen molar-refractivity contribution in [2.24, 2.45) is 0 Å². The molecule has 1 unspecified atom stereocenters. The van der Waals surface area contributed by atoms with E-state index in [1.807, 2.05) is 34.7 Å². The minimum absolute atomic E-state index is 0. The minimum Gasteiger partial charge on any atom is -0.336 e. The monoisotopic (exact) mass is 394 g/mol. The first-order valence-electron chi connectivity index (χ1n) is 8.91. The summed E-state index contributed by atoms with van der Waals surface area (Å²) < 4.78 is 1.90. The number of rotatable bonds is 3. The number of carbonyl (C=O) groups is 1. The lowest BCUT2D eigenvalue weighted by Gasteiger charge is -2.32. The summed E-state index contributed by atoms with van der Waals surface area (Å²) >= 11 is 6.30. The van der Waals surface area contributed by atoms with Crippen LogP contribution in [0.1, 0.15) is 47.3 Å². The zero-order chi connectivity index (χ0) is 17.6. The molecule has 1 amide bonds. The number of hydrogen-bond donors (Lipinski definition) is 1.